The molecule has 0 aliphatic heterocycles. The quantitative estimate of drug-likeness (QED) is 0.817. The lowest BCUT2D eigenvalue weighted by Crippen LogP contribution is -2.09. The number of hydrogen-bond acceptors (Lipinski definition) is 3. The Morgan fingerprint density at radius 2 is 2.06 bits per heavy atom. The molecular formula is C11H16N2O2S. The van der Waals surface area contributed by atoms with Crippen LogP contribution < -0.4 is 4.72 Å². The van der Waals surface area contributed by atoms with Gasteiger partial charge in [0, 0.05) is 17.9 Å². The Morgan fingerprint density at radius 1 is 1.38 bits per heavy atom. The van der Waals surface area contributed by atoms with E-state index in [1.54, 1.807) is 24.4 Å². The number of hydrogen-bond donors (Lipinski definition) is 1. The number of anilines is 1. The first kappa shape index (κ1) is 12.7. The van der Waals surface area contributed by atoms with Crippen LogP contribution in [0.1, 0.15) is 19.4 Å². The number of nitrogens with zero attached hydrogens (tertiary/aromatic N) is 1. The zero-order valence-corrected chi connectivity index (χ0v) is 10.5. The number of rotatable bonds is 4. The highest BCUT2D eigenvalue weighted by molar-refractivity contribution is 7.92. The van der Waals surface area contributed by atoms with E-state index < -0.39 is 10.0 Å². The highest BCUT2D eigenvalue weighted by Gasteiger charge is 2.01. The van der Waals surface area contributed by atoms with Crippen molar-refractivity contribution in [1.82, 2.24) is 0 Å². The minimum Gasteiger partial charge on any atom is -0.290 e. The summed E-state index contributed by atoms with van der Waals surface area (Å²) < 4.78 is 24.5. The molecule has 0 atom stereocenters. The summed E-state index contributed by atoms with van der Waals surface area (Å²) in [6.07, 6.45) is 2.86. The summed E-state index contributed by atoms with van der Waals surface area (Å²) in [5.74, 6) is 0. The maximum Gasteiger partial charge on any atom is 0.229 e. The van der Waals surface area contributed by atoms with Gasteiger partial charge in [-0.3, -0.25) is 9.71 Å². The van der Waals surface area contributed by atoms with Gasteiger partial charge >= 0.3 is 0 Å². The van der Waals surface area contributed by atoms with Gasteiger partial charge in [-0.15, -0.1) is 0 Å². The second kappa shape index (κ2) is 5.12. The lowest BCUT2D eigenvalue weighted by atomic mass is 10.2. The van der Waals surface area contributed by atoms with Gasteiger partial charge in [-0.05, 0) is 31.5 Å². The normalized spacial score (nSPS) is 12.2. The van der Waals surface area contributed by atoms with Crippen LogP contribution in [0.2, 0.25) is 0 Å². The first-order valence-electron chi connectivity index (χ1n) is 4.98. The highest BCUT2D eigenvalue weighted by atomic mass is 32.2. The van der Waals surface area contributed by atoms with Crippen molar-refractivity contribution in [2.45, 2.75) is 19.9 Å². The fourth-order valence-electron chi connectivity index (χ4n) is 1.13. The Kier molecular flexibility index (Phi) is 4.06. The molecule has 0 saturated heterocycles. The maximum atomic E-state index is 11.0. The zero-order valence-electron chi connectivity index (χ0n) is 9.64. The van der Waals surface area contributed by atoms with Crippen molar-refractivity contribution in [2.75, 3.05) is 11.0 Å². The minimum atomic E-state index is -3.22. The van der Waals surface area contributed by atoms with E-state index in [1.807, 2.05) is 19.9 Å². The standard InChI is InChI=1S/C11H16N2O2S/c1-9(2)12-8-10-5-4-6-11(7-10)13-16(3,14)15/h4-9,13H,1-3H3. The van der Waals surface area contributed by atoms with Crippen molar-refractivity contribution in [3.8, 4) is 0 Å². The van der Waals surface area contributed by atoms with E-state index in [0.717, 1.165) is 11.8 Å². The van der Waals surface area contributed by atoms with Gasteiger partial charge in [0.05, 0.1) is 6.26 Å². The molecule has 0 unspecified atom stereocenters. The predicted molar refractivity (Wildman–Crippen MR) is 67.6 cm³/mol. The van der Waals surface area contributed by atoms with Crippen LogP contribution in [0.5, 0.6) is 0 Å². The van der Waals surface area contributed by atoms with Crippen molar-refractivity contribution in [3.63, 3.8) is 0 Å². The summed E-state index contributed by atoms with van der Waals surface area (Å²) in [6, 6.07) is 7.33. The minimum absolute atomic E-state index is 0.228. The van der Waals surface area contributed by atoms with Crippen LogP contribution in [0, 0.1) is 0 Å². The molecule has 4 nitrogen and oxygen atoms in total. The topological polar surface area (TPSA) is 58.5 Å². The van der Waals surface area contributed by atoms with E-state index in [1.165, 1.54) is 0 Å². The van der Waals surface area contributed by atoms with E-state index in [-0.39, 0.29) is 6.04 Å². The third-order valence-electron chi connectivity index (χ3n) is 1.71. The number of nitrogens with one attached hydrogen (secondary N) is 1. The van der Waals surface area contributed by atoms with Crippen LogP contribution in [0.25, 0.3) is 0 Å². The van der Waals surface area contributed by atoms with Crippen molar-refractivity contribution < 1.29 is 8.42 Å². The highest BCUT2D eigenvalue weighted by Crippen LogP contribution is 2.10. The third-order valence-corrected chi connectivity index (χ3v) is 2.32. The average Bonchev–Trinajstić information content (AvgIpc) is 2.12. The molecule has 0 bridgehead atoms. The molecule has 1 aromatic rings. The van der Waals surface area contributed by atoms with E-state index in [9.17, 15) is 8.42 Å². The molecule has 0 radical (unpaired) electrons. The van der Waals surface area contributed by atoms with Gasteiger partial charge in [0.1, 0.15) is 0 Å². The smallest absolute Gasteiger partial charge is 0.229 e. The van der Waals surface area contributed by atoms with Crippen LogP contribution >= 0.6 is 0 Å². The predicted octanol–water partition coefficient (Wildman–Crippen LogP) is 1.89. The first-order valence-corrected chi connectivity index (χ1v) is 6.87. The molecule has 1 aromatic carbocycles. The summed E-state index contributed by atoms with van der Waals surface area (Å²) >= 11 is 0. The second-order valence-corrected chi connectivity index (χ2v) is 5.62. The van der Waals surface area contributed by atoms with Crippen LogP contribution in [-0.4, -0.2) is 26.9 Å². The summed E-state index contributed by atoms with van der Waals surface area (Å²) in [5, 5.41) is 0. The van der Waals surface area contributed by atoms with Gasteiger partial charge in [0.2, 0.25) is 10.0 Å². The molecule has 1 rings (SSSR count). The van der Waals surface area contributed by atoms with Crippen LogP contribution in [0.4, 0.5) is 5.69 Å². The fourth-order valence-corrected chi connectivity index (χ4v) is 1.69. The summed E-state index contributed by atoms with van der Waals surface area (Å²) in [5.41, 5.74) is 1.43. The van der Waals surface area contributed by atoms with Crippen LogP contribution in [0.15, 0.2) is 29.3 Å². The molecule has 0 amide bonds. The van der Waals surface area contributed by atoms with Gasteiger partial charge in [-0.25, -0.2) is 8.42 Å². The van der Waals surface area contributed by atoms with Gasteiger partial charge in [-0.1, -0.05) is 12.1 Å². The molecule has 0 aliphatic carbocycles. The summed E-state index contributed by atoms with van der Waals surface area (Å²) in [7, 11) is -3.22. The molecule has 0 fully saturated rings. The zero-order chi connectivity index (χ0) is 12.2. The second-order valence-electron chi connectivity index (χ2n) is 3.87. The molecule has 0 aromatic heterocycles. The Morgan fingerprint density at radius 3 is 2.62 bits per heavy atom. The van der Waals surface area contributed by atoms with Crippen molar-refractivity contribution >= 4 is 21.9 Å². The van der Waals surface area contributed by atoms with Gasteiger partial charge in [0.25, 0.3) is 0 Å². The Labute approximate surface area is 96.5 Å². The molecule has 5 heteroatoms. The van der Waals surface area contributed by atoms with Crippen LogP contribution in [0.3, 0.4) is 0 Å². The Bertz CT molecular complexity index is 479. The van der Waals surface area contributed by atoms with Gasteiger partial charge < -0.3 is 0 Å². The van der Waals surface area contributed by atoms with E-state index in [0.29, 0.717) is 5.69 Å². The van der Waals surface area contributed by atoms with Crippen LogP contribution in [-0.2, 0) is 10.0 Å². The van der Waals surface area contributed by atoms with Crippen molar-refractivity contribution in [3.05, 3.63) is 29.8 Å². The summed E-state index contributed by atoms with van der Waals surface area (Å²) in [4.78, 5) is 4.23. The van der Waals surface area contributed by atoms with Gasteiger partial charge in [-0.2, -0.15) is 0 Å². The first-order chi connectivity index (χ1) is 7.37. The maximum absolute atomic E-state index is 11.0. The Balaban J connectivity index is 2.87. The van der Waals surface area contributed by atoms with Crippen molar-refractivity contribution in [1.29, 1.82) is 0 Å². The fraction of sp³-hybridized carbons (Fsp3) is 0.364. The summed E-state index contributed by atoms with van der Waals surface area (Å²) in [6.45, 7) is 3.96. The van der Waals surface area contributed by atoms with E-state index in [4.69, 9.17) is 0 Å². The number of aliphatic imine (C=N–C) groups is 1. The Hall–Kier alpha value is -1.36. The molecule has 0 saturated carbocycles. The van der Waals surface area contributed by atoms with Crippen molar-refractivity contribution in [2.24, 2.45) is 4.99 Å². The largest absolute Gasteiger partial charge is 0.290 e. The number of benzene rings is 1. The lowest BCUT2D eigenvalue weighted by molar-refractivity contribution is 0.607. The molecule has 16 heavy (non-hydrogen) atoms. The molecular weight excluding hydrogens is 224 g/mol. The molecule has 0 heterocycles. The third kappa shape index (κ3) is 4.93. The van der Waals surface area contributed by atoms with E-state index in [2.05, 4.69) is 9.71 Å². The number of sulfonamides is 1. The molecule has 1 N–H and O–H groups in total. The van der Waals surface area contributed by atoms with E-state index >= 15 is 0 Å². The monoisotopic (exact) mass is 240 g/mol. The average molecular weight is 240 g/mol. The SMILES string of the molecule is CC(C)N=Cc1cccc(NS(C)(=O)=O)c1. The molecule has 88 valence electrons. The molecule has 0 spiro atoms. The van der Waals surface area contributed by atoms with Gasteiger partial charge in [0.15, 0.2) is 0 Å². The lowest BCUT2D eigenvalue weighted by Gasteiger charge is -2.04. The molecule has 0 aliphatic rings.